The first-order valence-electron chi connectivity index (χ1n) is 42.8. The summed E-state index contributed by atoms with van der Waals surface area (Å²) in [4.78, 5) is 42.8. The van der Waals surface area contributed by atoms with Crippen LogP contribution in [0.15, 0.2) is 126 Å². The Morgan fingerprint density at radius 3 is 1.13 bits per heavy atom. The van der Waals surface area contributed by atoms with E-state index >= 15 is 0 Å². The van der Waals surface area contributed by atoms with E-state index in [1.807, 2.05) is 66.7 Å². The number of nitrogen functional groups attached to an aromatic ring is 4. The van der Waals surface area contributed by atoms with E-state index in [1.165, 1.54) is 85.6 Å². The Bertz CT molecular complexity index is 4600. The molecule has 0 saturated heterocycles. The van der Waals surface area contributed by atoms with Gasteiger partial charge in [-0.05, 0) is 210 Å². The van der Waals surface area contributed by atoms with Gasteiger partial charge in [-0.3, -0.25) is 29.7 Å². The molecule has 0 aliphatic rings. The number of unbranched alkanes of at least 4 members (excludes halogenated alkanes) is 10. The van der Waals surface area contributed by atoms with Crippen LogP contribution in [0, 0.1) is 28.1 Å². The van der Waals surface area contributed by atoms with Crippen molar-refractivity contribution in [2.75, 3.05) is 81.2 Å². The lowest BCUT2D eigenvalue weighted by molar-refractivity contribution is 0.0964. The molecule has 0 atom stereocenters. The van der Waals surface area contributed by atoms with Crippen LogP contribution in [0.25, 0.3) is 0 Å². The number of anilines is 4. The number of amides is 2. The summed E-state index contributed by atoms with van der Waals surface area (Å²) < 4.78 is 38.1. The van der Waals surface area contributed by atoms with Crippen molar-refractivity contribution in [3.63, 3.8) is 0 Å². The van der Waals surface area contributed by atoms with Gasteiger partial charge in [-0.25, -0.2) is 19.9 Å². The van der Waals surface area contributed by atoms with Crippen LogP contribution >= 0.6 is 87.3 Å². The summed E-state index contributed by atoms with van der Waals surface area (Å²) >= 11 is 15.7. The molecule has 10 aromatic rings. The molecule has 0 bridgehead atoms. The maximum absolute atomic E-state index is 12.2. The van der Waals surface area contributed by atoms with Gasteiger partial charge in [0, 0.05) is 44.0 Å². The highest BCUT2D eigenvalue weighted by molar-refractivity contribution is 14.0. The third-order valence-electron chi connectivity index (χ3n) is 17.6. The van der Waals surface area contributed by atoms with Gasteiger partial charge < -0.3 is 63.8 Å². The summed E-state index contributed by atoms with van der Waals surface area (Å²) in [6.07, 6.45) is 30.3. The van der Waals surface area contributed by atoms with Gasteiger partial charge in [0.2, 0.25) is 0 Å². The van der Waals surface area contributed by atoms with Gasteiger partial charge in [0.1, 0.15) is 28.7 Å². The van der Waals surface area contributed by atoms with E-state index in [4.69, 9.17) is 99.0 Å². The molecular formula is C87H126BrCl3FIN28O7S. The van der Waals surface area contributed by atoms with Crippen molar-refractivity contribution in [2.24, 2.45) is 16.5 Å². The number of alkyl halides is 2. The molecule has 0 spiro atoms. The van der Waals surface area contributed by atoms with Gasteiger partial charge >= 0.3 is 0 Å². The molecule has 5 aromatic carbocycles. The number of aliphatic imine (C=N–C) groups is 1. The molecule has 0 aliphatic carbocycles. The SMILES string of the molecule is CCCCCc1ccc(O)cc1.CCCCCc1ccc(OCCCC#N)cc1.CCCCCc1ccc(OCCCc2nn[nH]n2)cc1.CSC(=N)NC(=O)c1nc(Cl)c(N)nc1N.Cl.I.N#CCCCBr.NC(=NCCCCc1ccc(OCCCc2nn[nH]n2)cc1)NC(=O)c1nc(Cl)c(N)nc1N.NCCCCc1ccc(OCCCc2nn[nH]n2)cc1.[2H]CF. The minimum atomic E-state index is -1.00. The van der Waals surface area contributed by atoms with Crippen molar-refractivity contribution < 1.29 is 39.4 Å². The van der Waals surface area contributed by atoms with Gasteiger partial charge in [0.25, 0.3) is 11.8 Å². The number of ether oxygens (including phenoxy) is 4. The second kappa shape index (κ2) is 74.9. The van der Waals surface area contributed by atoms with Crippen LogP contribution in [0.2, 0.25) is 10.3 Å². The lowest BCUT2D eigenvalue weighted by Gasteiger charge is -2.07. The van der Waals surface area contributed by atoms with Crippen LogP contribution in [0.4, 0.5) is 27.7 Å². The maximum atomic E-state index is 12.2. The zero-order valence-corrected chi connectivity index (χ0v) is 80.8. The monoisotopic (exact) mass is 2040 g/mol. The quantitative estimate of drug-likeness (QED) is 0.00554. The molecular weight excluding hydrogens is 1910 g/mol. The molecule has 5 aromatic heterocycles. The second-order valence-corrected chi connectivity index (χ2v) is 30.0. The Labute approximate surface area is 803 Å². The number of thioether (sulfide) groups is 1. The number of carbonyl (C=O) groups excluding carboxylic acids is 2. The van der Waals surface area contributed by atoms with Gasteiger partial charge in [-0.15, -0.1) is 67.0 Å². The summed E-state index contributed by atoms with van der Waals surface area (Å²) in [6.45, 7) is 10.4. The van der Waals surface area contributed by atoms with E-state index < -0.39 is 19.0 Å². The standard InChI is InChI=1S/C20H26ClN11O2.C15H22N4O.C15H21NO.C14H21N5O.C11H16O.C7H9ClN6OS.C4H6BrN.CH3F.ClH.HI/c21-16-18(23)27-17(22)15(26-16)19(33)28-20(24)25-10-2-1-4-12-6-8-13(9-7-12)34-11-3-5-14-29-31-32-30-14;1-2-3-4-6-13-8-10-14(11-9-13)20-12-5-7-15-16-18-19-17-15;1-2-3-4-7-14-8-10-15(11-9-14)17-13-6-5-12-16;15-10-2-1-4-12-6-8-13(9-7-12)20-11-3-5-14-16-18-19-17-14;1-2-3-4-5-10-6-8-11(12)9-7-10;1-16-7(11)14-6(15)2-4(9)13-5(10)3(8)12-2;5-3-1-2-4-6;1-2;;/h6-9H,1-5,10-11H2,(H4,22,23,27)(H3,24,25,28,33)(H,29,30,31,32);8-11H,2-7,12H2,1H3,(H,16,17,18,19);8-11H,2-7,13H2,1H3;6-9H,1-5,10-11,15H2,(H,16,17,18,19);6-9,12H,2-5H2,1H3;1H3,(H4,9,10,13)(H2,11,14,15);1-3H2;1H3;2*1H/i;;;;;;;1D;;. The third kappa shape index (κ3) is 54.9. The molecule has 0 fully saturated rings. The first-order valence-corrected chi connectivity index (χ1v) is 45.2. The summed E-state index contributed by atoms with van der Waals surface area (Å²) in [5, 5.41) is 79.3. The number of H-pyrrole nitrogens is 3. The fraction of sp³-hybridized carbons (Fsp3) is 0.460. The predicted molar refractivity (Wildman–Crippen MR) is 526 cm³/mol. The van der Waals surface area contributed by atoms with Crippen LogP contribution in [0.1, 0.15) is 217 Å². The number of aromatic amines is 3. The van der Waals surface area contributed by atoms with Crippen LogP contribution in [-0.4, -0.2) is 168 Å². The Morgan fingerprint density at radius 2 is 0.829 bits per heavy atom. The molecule has 704 valence electrons. The maximum Gasteiger partial charge on any atom is 0.280 e. The molecule has 0 aliphatic heterocycles. The lowest BCUT2D eigenvalue weighted by Crippen LogP contribution is -2.38. The number of nitrogens with zero attached hydrogens (tertiary/aromatic N) is 16. The number of guanidine groups is 1. The molecule has 35 nitrogen and oxygen atoms in total. The number of carbonyl (C=O) groups is 2. The van der Waals surface area contributed by atoms with Crippen molar-refractivity contribution >= 4 is 133 Å². The molecule has 0 unspecified atom stereocenters. The number of amidine groups is 1. The number of halogens is 6. The minimum absolute atomic E-state index is 0. The number of rotatable bonds is 44. The van der Waals surface area contributed by atoms with Gasteiger partial charge in [-0.1, -0.05) is 186 Å². The number of benzene rings is 5. The van der Waals surface area contributed by atoms with Gasteiger partial charge in [0.05, 0.1) is 47.1 Å². The fourth-order valence-corrected chi connectivity index (χ4v) is 11.5. The number of phenols is 1. The van der Waals surface area contributed by atoms with Crippen LogP contribution in [0.5, 0.6) is 28.7 Å². The van der Waals surface area contributed by atoms with Crippen molar-refractivity contribution in [2.45, 2.75) is 201 Å². The van der Waals surface area contributed by atoms with Crippen molar-refractivity contribution in [3.05, 3.63) is 188 Å². The summed E-state index contributed by atoms with van der Waals surface area (Å²) in [7, 11) is -1.00. The third-order valence-corrected chi connectivity index (χ3v) is 19.2. The van der Waals surface area contributed by atoms with E-state index in [1.54, 1.807) is 18.4 Å². The topological polar surface area (TPSA) is 570 Å². The van der Waals surface area contributed by atoms with Crippen LogP contribution in [-0.2, 0) is 51.4 Å². The van der Waals surface area contributed by atoms with Crippen LogP contribution in [0.3, 0.4) is 0 Å². The van der Waals surface area contributed by atoms with Crippen molar-refractivity contribution in [1.82, 2.24) is 92.4 Å². The zero-order chi connectivity index (χ0) is 93.4. The zero-order valence-electron chi connectivity index (χ0n) is 74.8. The van der Waals surface area contributed by atoms with Crippen molar-refractivity contribution in [3.8, 4) is 40.9 Å². The number of aromatic hydroxyl groups is 1. The second-order valence-electron chi connectivity index (χ2n) is 27.7. The molecule has 0 saturated carbocycles. The van der Waals surface area contributed by atoms with E-state index in [9.17, 15) is 14.0 Å². The lowest BCUT2D eigenvalue weighted by atomic mass is 10.1. The molecule has 129 heavy (non-hydrogen) atoms. The number of nitrogens with one attached hydrogen (secondary N) is 6. The molecule has 5 heterocycles. The Hall–Kier alpha value is -11.0. The number of aryl methyl sites for hydroxylation is 8. The number of aromatic nitrogens is 16. The highest BCUT2D eigenvalue weighted by atomic mass is 127. The number of phenolic OH excluding ortho intramolecular Hbond substituents is 1. The normalized spacial score (nSPS) is 10.3. The van der Waals surface area contributed by atoms with E-state index in [-0.39, 0.29) is 92.5 Å². The number of hydrogen-bond donors (Lipinski definition) is 13. The number of nitriles is 2. The first kappa shape index (κ1) is 114. The molecule has 10 rings (SSSR count). The average Bonchev–Trinajstić information content (AvgIpc) is 1.02. The smallest absolute Gasteiger partial charge is 0.280 e. The summed E-state index contributed by atoms with van der Waals surface area (Å²) in [5.41, 5.74) is 39.5. The van der Waals surface area contributed by atoms with Gasteiger partial charge in [0.15, 0.2) is 73.6 Å². The largest absolute Gasteiger partial charge is 0.508 e. The average molecular weight is 2040 g/mol. The predicted octanol–water partition coefficient (Wildman–Crippen LogP) is 16.2. The van der Waals surface area contributed by atoms with E-state index in [2.05, 4.69) is 189 Å². The van der Waals surface area contributed by atoms with E-state index in [0.29, 0.717) is 63.8 Å². The van der Waals surface area contributed by atoms with E-state index in [0.717, 1.165) is 161 Å². The van der Waals surface area contributed by atoms with Crippen molar-refractivity contribution in [1.29, 1.82) is 15.9 Å². The number of nitrogens with two attached hydrogens (primary N) is 6. The van der Waals surface area contributed by atoms with Crippen LogP contribution < -0.4 is 64.0 Å². The summed E-state index contributed by atoms with van der Waals surface area (Å²) in [5.74, 6) is 4.32. The summed E-state index contributed by atoms with van der Waals surface area (Å²) in [6, 6.07) is 44.6. The molecule has 42 heteroatoms. The first-order chi connectivity index (χ1) is 62.2. The Morgan fingerprint density at radius 1 is 0.512 bits per heavy atom. The fourth-order valence-electron chi connectivity index (χ4n) is 10.8. The Kier molecular flexibility index (Phi) is 66.3. The number of tetrazole rings is 3. The molecule has 2 amide bonds. The Balaban J connectivity index is 0.000000783. The highest BCUT2D eigenvalue weighted by Crippen LogP contribution is 2.23. The van der Waals surface area contributed by atoms with Gasteiger partial charge in [-0.2, -0.15) is 26.2 Å². The number of hydrogen-bond acceptors (Lipinski definition) is 30. The molecule has 19 N–H and O–H groups in total. The highest BCUT2D eigenvalue weighted by Gasteiger charge is 2.19. The molecule has 0 radical (unpaired) electrons. The minimum Gasteiger partial charge on any atom is -0.508 e.